The smallest absolute Gasteiger partial charge is 0.420 e. The fourth-order valence-corrected chi connectivity index (χ4v) is 2.17. The highest BCUT2D eigenvalue weighted by Gasteiger charge is 2.31. The Morgan fingerprint density at radius 2 is 1.95 bits per heavy atom. The molecule has 2 heterocycles. The van der Waals surface area contributed by atoms with Crippen LogP contribution in [0.5, 0.6) is 5.75 Å². The molecule has 0 saturated carbocycles. The maximum Gasteiger partial charge on any atom is 0.573 e. The van der Waals surface area contributed by atoms with E-state index in [0.29, 0.717) is 11.1 Å². The second-order valence-electron chi connectivity index (χ2n) is 4.77. The minimum absolute atomic E-state index is 0.153. The van der Waals surface area contributed by atoms with Crippen molar-refractivity contribution in [2.24, 2.45) is 0 Å². The largest absolute Gasteiger partial charge is 0.573 e. The van der Waals surface area contributed by atoms with Crippen molar-refractivity contribution < 1.29 is 22.3 Å². The van der Waals surface area contributed by atoms with Crippen LogP contribution in [-0.2, 0) is 0 Å². The number of aromatic nitrogens is 1. The molecule has 3 rings (SSSR count). The van der Waals surface area contributed by atoms with Gasteiger partial charge in [-0.3, -0.25) is 0 Å². The molecule has 0 radical (unpaired) electrons. The summed E-state index contributed by atoms with van der Waals surface area (Å²) >= 11 is 0. The Bertz CT molecular complexity index is 893. The van der Waals surface area contributed by atoms with Crippen molar-refractivity contribution in [2.45, 2.75) is 13.3 Å². The molecule has 0 unspecified atom stereocenters. The monoisotopic (exact) mass is 309 g/mol. The van der Waals surface area contributed by atoms with Crippen molar-refractivity contribution in [1.29, 1.82) is 0 Å². The molecule has 0 bridgehead atoms. The van der Waals surface area contributed by atoms with Gasteiger partial charge in [-0.25, -0.2) is 4.79 Å². The summed E-state index contributed by atoms with van der Waals surface area (Å²) in [4.78, 5) is 11.9. The lowest BCUT2D eigenvalue weighted by Gasteiger charge is -2.09. The number of fused-ring (bicyclic) bond motifs is 1. The first kappa shape index (κ1) is 14.2. The second kappa shape index (κ2) is 4.94. The van der Waals surface area contributed by atoms with E-state index in [4.69, 9.17) is 4.42 Å². The van der Waals surface area contributed by atoms with E-state index in [1.54, 1.807) is 16.7 Å². The number of aryl methyl sites for hydroxylation is 1. The highest BCUT2D eigenvalue weighted by atomic mass is 19.4. The van der Waals surface area contributed by atoms with Crippen molar-refractivity contribution in [3.05, 3.63) is 58.7 Å². The van der Waals surface area contributed by atoms with Crippen LogP contribution in [-0.4, -0.2) is 10.8 Å². The van der Waals surface area contributed by atoms with Crippen LogP contribution in [0, 0.1) is 6.92 Å². The van der Waals surface area contributed by atoms with Gasteiger partial charge in [0.25, 0.3) is 0 Å². The number of hydrogen-bond acceptors (Lipinski definition) is 3. The van der Waals surface area contributed by atoms with Crippen LogP contribution >= 0.6 is 0 Å². The van der Waals surface area contributed by atoms with Gasteiger partial charge in [-0.15, -0.1) is 13.2 Å². The van der Waals surface area contributed by atoms with Crippen LogP contribution in [0.15, 0.2) is 51.9 Å². The van der Waals surface area contributed by atoms with Crippen LogP contribution in [0.1, 0.15) is 5.56 Å². The van der Waals surface area contributed by atoms with E-state index in [9.17, 15) is 18.0 Å². The first-order valence-electron chi connectivity index (χ1n) is 6.30. The van der Waals surface area contributed by atoms with Gasteiger partial charge in [0.1, 0.15) is 11.3 Å². The normalized spacial score (nSPS) is 11.8. The maximum atomic E-state index is 12.3. The van der Waals surface area contributed by atoms with E-state index in [1.807, 2.05) is 6.92 Å². The van der Waals surface area contributed by atoms with Crippen LogP contribution in [0.3, 0.4) is 0 Å². The molecule has 0 N–H and O–H groups in total. The van der Waals surface area contributed by atoms with Gasteiger partial charge < -0.3 is 13.6 Å². The fourth-order valence-electron chi connectivity index (χ4n) is 2.17. The zero-order valence-corrected chi connectivity index (χ0v) is 11.3. The molecule has 114 valence electrons. The third-order valence-corrected chi connectivity index (χ3v) is 3.01. The Hall–Kier alpha value is -2.70. The molecule has 0 aliphatic rings. The molecule has 22 heavy (non-hydrogen) atoms. The Labute approximate surface area is 122 Å². The minimum atomic E-state index is -4.78. The number of ether oxygens (including phenoxy) is 1. The molecule has 7 heteroatoms. The Morgan fingerprint density at radius 3 is 2.68 bits per heavy atom. The van der Waals surface area contributed by atoms with E-state index < -0.39 is 12.0 Å². The number of halogens is 3. The Balaban J connectivity index is 2.07. The lowest BCUT2D eigenvalue weighted by atomic mass is 10.2. The van der Waals surface area contributed by atoms with Crippen LogP contribution in [0.25, 0.3) is 16.8 Å². The number of benzene rings is 1. The van der Waals surface area contributed by atoms with Crippen LogP contribution in [0.4, 0.5) is 13.2 Å². The average Bonchev–Trinajstić information content (AvgIpc) is 2.78. The molecule has 0 saturated heterocycles. The van der Waals surface area contributed by atoms with Gasteiger partial charge in [-0.2, -0.15) is 0 Å². The molecule has 0 amide bonds. The Morgan fingerprint density at radius 1 is 1.18 bits per heavy atom. The summed E-state index contributed by atoms with van der Waals surface area (Å²) in [6.45, 7) is 1.82. The summed E-state index contributed by atoms with van der Waals surface area (Å²) in [5.41, 5.74) is 0.988. The zero-order valence-electron chi connectivity index (χ0n) is 11.3. The minimum Gasteiger partial charge on any atom is -0.420 e. The van der Waals surface area contributed by atoms with Gasteiger partial charge >= 0.3 is 12.0 Å². The molecular weight excluding hydrogens is 299 g/mol. The molecule has 0 aliphatic heterocycles. The van der Waals surface area contributed by atoms with E-state index in [0.717, 1.165) is 11.6 Å². The van der Waals surface area contributed by atoms with Crippen molar-refractivity contribution in [3.8, 4) is 17.1 Å². The highest BCUT2D eigenvalue weighted by molar-refractivity contribution is 5.60. The number of hydrogen-bond donors (Lipinski definition) is 0. The van der Waals surface area contributed by atoms with Crippen molar-refractivity contribution in [2.75, 3.05) is 0 Å². The quantitative estimate of drug-likeness (QED) is 0.724. The van der Waals surface area contributed by atoms with Crippen molar-refractivity contribution >= 4 is 5.52 Å². The molecular formula is C15H10F3NO3. The molecule has 0 spiro atoms. The lowest BCUT2D eigenvalue weighted by Crippen LogP contribution is -2.17. The van der Waals surface area contributed by atoms with E-state index in [-0.39, 0.29) is 11.5 Å². The van der Waals surface area contributed by atoms with Gasteiger partial charge in [0, 0.05) is 11.8 Å². The predicted molar refractivity (Wildman–Crippen MR) is 72.8 cm³/mol. The molecule has 0 fully saturated rings. The lowest BCUT2D eigenvalue weighted by molar-refractivity contribution is -0.274. The van der Waals surface area contributed by atoms with E-state index >= 15 is 0 Å². The van der Waals surface area contributed by atoms with Crippen molar-refractivity contribution in [1.82, 2.24) is 4.40 Å². The van der Waals surface area contributed by atoms with Gasteiger partial charge in [0.15, 0.2) is 5.76 Å². The maximum absolute atomic E-state index is 12.3. The first-order chi connectivity index (χ1) is 10.3. The molecule has 0 atom stereocenters. The SMILES string of the molecule is Cc1cc2c(=O)oc(-c3cccc(OC(F)(F)F)c3)cn2c1. The molecule has 3 aromatic rings. The standard InChI is InChI=1S/C15H10F3NO3/c1-9-5-12-14(20)21-13(8-19(12)7-9)10-3-2-4-11(6-10)22-15(16,17)18/h2-8H,1H3. The van der Waals surface area contributed by atoms with Crippen molar-refractivity contribution in [3.63, 3.8) is 0 Å². The third kappa shape index (κ3) is 2.83. The van der Waals surface area contributed by atoms with Gasteiger partial charge in [-0.1, -0.05) is 12.1 Å². The van der Waals surface area contributed by atoms with Gasteiger partial charge in [-0.05, 0) is 30.7 Å². The summed E-state index contributed by atoms with van der Waals surface area (Å²) in [5.74, 6) is -0.225. The predicted octanol–water partition coefficient (Wildman–Crippen LogP) is 3.77. The fraction of sp³-hybridized carbons (Fsp3) is 0.133. The van der Waals surface area contributed by atoms with Gasteiger partial charge in [0.2, 0.25) is 0 Å². The molecule has 2 aromatic heterocycles. The zero-order chi connectivity index (χ0) is 15.9. The summed E-state index contributed by atoms with van der Waals surface area (Å²) in [7, 11) is 0. The van der Waals surface area contributed by atoms with Crippen LogP contribution < -0.4 is 10.4 Å². The van der Waals surface area contributed by atoms with Gasteiger partial charge in [0.05, 0.1) is 6.20 Å². The summed E-state index contributed by atoms with van der Waals surface area (Å²) in [6.07, 6.45) is -1.51. The molecule has 0 aliphatic carbocycles. The first-order valence-corrected chi connectivity index (χ1v) is 6.30. The number of rotatable bonds is 2. The average molecular weight is 309 g/mol. The topological polar surface area (TPSA) is 43.8 Å². The Kier molecular flexibility index (Phi) is 3.20. The van der Waals surface area contributed by atoms with E-state index in [2.05, 4.69) is 4.74 Å². The summed E-state index contributed by atoms with van der Waals surface area (Å²) in [6, 6.07) is 6.92. The number of nitrogens with zero attached hydrogens (tertiary/aromatic N) is 1. The van der Waals surface area contributed by atoms with Crippen LogP contribution in [0.2, 0.25) is 0 Å². The third-order valence-electron chi connectivity index (χ3n) is 3.01. The van der Waals surface area contributed by atoms with E-state index in [1.165, 1.54) is 24.4 Å². The molecule has 4 nitrogen and oxygen atoms in total. The molecule has 1 aromatic carbocycles. The summed E-state index contributed by atoms with van der Waals surface area (Å²) in [5, 5.41) is 0. The second-order valence-corrected chi connectivity index (χ2v) is 4.77. The summed E-state index contributed by atoms with van der Waals surface area (Å²) < 4.78 is 47.4. The number of alkyl halides is 3. The highest BCUT2D eigenvalue weighted by Crippen LogP contribution is 2.27.